The highest BCUT2D eigenvalue weighted by molar-refractivity contribution is 5.93. The summed E-state index contributed by atoms with van der Waals surface area (Å²) in [6.45, 7) is 23.2. The predicted molar refractivity (Wildman–Crippen MR) is 230 cm³/mol. The lowest BCUT2D eigenvalue weighted by Gasteiger charge is -2.30. The van der Waals surface area contributed by atoms with Crippen LogP contribution in [0.4, 0.5) is 0 Å². The molecular formula is C45H72N4O13. The third-order valence-electron chi connectivity index (χ3n) is 10.6. The van der Waals surface area contributed by atoms with Crippen LogP contribution in [0.25, 0.3) is 0 Å². The minimum atomic E-state index is -1.47. The first kappa shape index (κ1) is 55.0. The number of aliphatic carboxylic acids is 1. The van der Waals surface area contributed by atoms with E-state index in [9.17, 15) is 43.5 Å². The predicted octanol–water partition coefficient (Wildman–Crippen LogP) is 4.09. The molecule has 0 fully saturated rings. The van der Waals surface area contributed by atoms with Crippen molar-refractivity contribution in [2.75, 3.05) is 0 Å². The first-order chi connectivity index (χ1) is 28.9. The highest BCUT2D eigenvalue weighted by Gasteiger charge is 2.39. The first-order valence-corrected chi connectivity index (χ1v) is 21.6. The highest BCUT2D eigenvalue weighted by Crippen LogP contribution is 2.19. The van der Waals surface area contributed by atoms with Gasteiger partial charge in [-0.25, -0.2) is 19.2 Å². The van der Waals surface area contributed by atoms with Crippen LogP contribution in [-0.4, -0.2) is 101 Å². The molecule has 17 heteroatoms. The van der Waals surface area contributed by atoms with E-state index in [2.05, 4.69) is 21.3 Å². The van der Waals surface area contributed by atoms with E-state index in [1.165, 1.54) is 6.92 Å². The molecule has 10 atom stereocenters. The third kappa shape index (κ3) is 17.4. The molecule has 0 bridgehead atoms. The van der Waals surface area contributed by atoms with Gasteiger partial charge in [0.2, 0.25) is 5.91 Å². The summed E-state index contributed by atoms with van der Waals surface area (Å²) < 4.78 is 22.6. The van der Waals surface area contributed by atoms with Gasteiger partial charge in [-0.3, -0.25) is 19.2 Å². The van der Waals surface area contributed by atoms with Crippen molar-refractivity contribution in [1.29, 1.82) is 0 Å². The Hall–Kier alpha value is -5.06. The summed E-state index contributed by atoms with van der Waals surface area (Å²) in [4.78, 5) is 106. The van der Waals surface area contributed by atoms with Crippen LogP contribution in [0.1, 0.15) is 115 Å². The molecule has 0 aliphatic carbocycles. The highest BCUT2D eigenvalue weighted by atomic mass is 16.6. The number of benzene rings is 1. The Bertz CT molecular complexity index is 1650. The van der Waals surface area contributed by atoms with Crippen LogP contribution in [0.15, 0.2) is 30.3 Å². The summed E-state index contributed by atoms with van der Waals surface area (Å²) in [7, 11) is 0. The van der Waals surface area contributed by atoms with E-state index in [-0.39, 0.29) is 6.61 Å². The molecule has 0 saturated carbocycles. The van der Waals surface area contributed by atoms with Crippen LogP contribution in [0.3, 0.4) is 0 Å². The molecule has 0 aliphatic rings. The second kappa shape index (κ2) is 26.4. The van der Waals surface area contributed by atoms with Gasteiger partial charge >= 0.3 is 23.9 Å². The van der Waals surface area contributed by atoms with Crippen molar-refractivity contribution < 1.29 is 62.4 Å². The summed E-state index contributed by atoms with van der Waals surface area (Å²) in [6, 6.07) is 4.33. The minimum Gasteiger partial charge on any atom is -0.480 e. The lowest BCUT2D eigenvalue weighted by Crippen LogP contribution is -2.55. The molecule has 0 heterocycles. The third-order valence-corrected chi connectivity index (χ3v) is 10.6. The molecule has 0 aliphatic heterocycles. The topological polar surface area (TPSA) is 242 Å². The summed E-state index contributed by atoms with van der Waals surface area (Å²) in [5, 5.41) is 19.8. The molecule has 1 rings (SSSR count). The van der Waals surface area contributed by atoms with Crippen molar-refractivity contribution in [3.8, 4) is 0 Å². The molecule has 350 valence electrons. The van der Waals surface area contributed by atoms with Gasteiger partial charge in [-0.15, -0.1) is 0 Å². The normalized spacial score (nSPS) is 16.4. The lowest BCUT2D eigenvalue weighted by molar-refractivity contribution is -0.166. The molecule has 5 N–H and O–H groups in total. The Morgan fingerprint density at radius 3 is 1.18 bits per heavy atom. The number of hydrogen-bond donors (Lipinski definition) is 5. The molecule has 0 radical (unpaired) electrons. The minimum absolute atomic E-state index is 0.177. The van der Waals surface area contributed by atoms with Gasteiger partial charge in [0.1, 0.15) is 30.3 Å². The molecule has 0 spiro atoms. The summed E-state index contributed by atoms with van der Waals surface area (Å²) in [5.41, 5.74) is 0.865. The fourth-order valence-corrected chi connectivity index (χ4v) is 5.87. The number of esters is 3. The largest absolute Gasteiger partial charge is 0.480 e. The number of hydrogen-bond acceptors (Lipinski definition) is 12. The number of carbonyl (C=O) groups is 8. The Morgan fingerprint density at radius 2 is 0.823 bits per heavy atom. The molecule has 1 aromatic carbocycles. The number of nitrogens with one attached hydrogen (secondary N) is 4. The van der Waals surface area contributed by atoms with Crippen molar-refractivity contribution in [2.24, 2.45) is 35.5 Å². The molecule has 62 heavy (non-hydrogen) atoms. The zero-order valence-electron chi connectivity index (χ0n) is 38.9. The molecule has 0 aromatic heterocycles. The van der Waals surface area contributed by atoms with E-state index < -0.39 is 132 Å². The second-order valence-electron chi connectivity index (χ2n) is 17.3. The lowest BCUT2D eigenvalue weighted by atomic mass is 9.98. The number of carbonyl (C=O) groups excluding carboxylic acids is 7. The molecular weight excluding hydrogens is 805 g/mol. The average molecular weight is 877 g/mol. The van der Waals surface area contributed by atoms with Gasteiger partial charge in [-0.1, -0.05) is 113 Å². The Morgan fingerprint density at radius 1 is 0.484 bits per heavy atom. The van der Waals surface area contributed by atoms with Gasteiger partial charge in [0, 0.05) is 11.8 Å². The quantitative estimate of drug-likeness (QED) is 0.0652. The average Bonchev–Trinajstić information content (AvgIpc) is 3.21. The Labute approximate surface area is 366 Å². The summed E-state index contributed by atoms with van der Waals surface area (Å²) >= 11 is 0. The van der Waals surface area contributed by atoms with Crippen LogP contribution in [0.2, 0.25) is 0 Å². The van der Waals surface area contributed by atoms with E-state index in [0.29, 0.717) is 12.8 Å². The summed E-state index contributed by atoms with van der Waals surface area (Å²) in [6.07, 6.45) is -4.29. The second-order valence-corrected chi connectivity index (χ2v) is 17.3. The van der Waals surface area contributed by atoms with Gasteiger partial charge in [0.15, 0.2) is 18.3 Å². The zero-order chi connectivity index (χ0) is 47.6. The van der Waals surface area contributed by atoms with Crippen LogP contribution < -0.4 is 21.3 Å². The summed E-state index contributed by atoms with van der Waals surface area (Å²) in [5.74, 6) is -10.1. The number of ether oxygens (including phenoxy) is 4. The van der Waals surface area contributed by atoms with Crippen LogP contribution in [0, 0.1) is 35.5 Å². The van der Waals surface area contributed by atoms with E-state index in [1.807, 2.05) is 30.3 Å². The van der Waals surface area contributed by atoms with Crippen molar-refractivity contribution in [1.82, 2.24) is 21.3 Å². The maximum absolute atomic E-state index is 13.8. The molecule has 4 amide bonds. The van der Waals surface area contributed by atoms with Gasteiger partial charge < -0.3 is 45.3 Å². The van der Waals surface area contributed by atoms with Crippen LogP contribution >= 0.6 is 0 Å². The molecule has 0 unspecified atom stereocenters. The monoisotopic (exact) mass is 877 g/mol. The van der Waals surface area contributed by atoms with Crippen molar-refractivity contribution >= 4 is 47.5 Å². The smallest absolute Gasteiger partial charge is 0.329 e. The van der Waals surface area contributed by atoms with Crippen molar-refractivity contribution in [2.45, 2.75) is 165 Å². The van der Waals surface area contributed by atoms with Gasteiger partial charge in [-0.05, 0) is 55.9 Å². The van der Waals surface area contributed by atoms with Gasteiger partial charge in [-0.2, -0.15) is 0 Å². The Kier molecular flexibility index (Phi) is 23.4. The van der Waals surface area contributed by atoms with E-state index in [4.69, 9.17) is 18.9 Å². The first-order valence-electron chi connectivity index (χ1n) is 21.6. The fraction of sp³-hybridized carbons (Fsp3) is 0.689. The zero-order valence-corrected chi connectivity index (χ0v) is 38.9. The SMILES string of the molecule is CC[C@H](C)[C@@H](OC(=O)[C@@H](NC(=O)[C@H](C)OCc1ccccc1)C(C)C)C(=O)N[C@@H](C(=O)O[C@@H](C)C(=O)N[C@H](C(=O)O[C@@H](C(=O)N[C@@H](C(=O)O)C(C)C)[C@@H](C)CC)C(C)C)C(C)C. The number of carboxylic acid groups (broad SMARTS) is 1. The molecule has 1 aromatic rings. The molecule has 17 nitrogen and oxygen atoms in total. The fourth-order valence-electron chi connectivity index (χ4n) is 5.87. The number of amides is 4. The van der Waals surface area contributed by atoms with Gasteiger partial charge in [0.25, 0.3) is 17.7 Å². The van der Waals surface area contributed by atoms with Crippen molar-refractivity contribution in [3.05, 3.63) is 35.9 Å². The molecule has 0 saturated heterocycles. The van der Waals surface area contributed by atoms with Gasteiger partial charge in [0.05, 0.1) is 6.61 Å². The van der Waals surface area contributed by atoms with Crippen LogP contribution in [-0.2, 0) is 63.9 Å². The van der Waals surface area contributed by atoms with E-state index in [0.717, 1.165) is 5.56 Å². The maximum atomic E-state index is 13.8. The maximum Gasteiger partial charge on any atom is 0.329 e. The van der Waals surface area contributed by atoms with E-state index in [1.54, 1.807) is 90.0 Å². The number of rotatable bonds is 26. The van der Waals surface area contributed by atoms with Crippen molar-refractivity contribution in [3.63, 3.8) is 0 Å². The van der Waals surface area contributed by atoms with Crippen LogP contribution in [0.5, 0.6) is 0 Å². The standard InChI is InChI=1S/C45H72N4O13/c1-15-27(11)36(40(52)46-32(23(3)4)42(54)55)61-45(58)35(26(9)10)48-39(51)30(14)60-43(56)33(24(5)6)49-41(53)37(28(12)16-2)62-44(57)34(25(7)8)47-38(50)29(13)59-22-31-20-18-17-19-21-31/h17-21,23-30,32-37H,15-16,22H2,1-14H3,(H,46,52)(H,47,50)(H,48,51)(H,49,53)(H,54,55)/t27-,28-,29-,30-,32+,33+,34-,35-,36+,37+/m0/s1. The van der Waals surface area contributed by atoms with E-state index >= 15 is 0 Å². The Balaban J connectivity index is 3.10. The number of carboxylic acids is 1.